The van der Waals surface area contributed by atoms with Crippen molar-refractivity contribution in [2.75, 3.05) is 19.0 Å². The monoisotopic (exact) mass is 238 g/mol. The number of hydrogen-bond acceptors (Lipinski definition) is 3. The zero-order chi connectivity index (χ0) is 11.4. The molecule has 16 heavy (non-hydrogen) atoms. The molecule has 1 aromatic carbocycles. The van der Waals surface area contributed by atoms with Crippen molar-refractivity contribution in [2.45, 2.75) is 24.3 Å². The summed E-state index contributed by atoms with van der Waals surface area (Å²) in [5.41, 5.74) is 1.27. The number of ether oxygens (including phenoxy) is 1. The van der Waals surface area contributed by atoms with Crippen LogP contribution in [0.2, 0.25) is 0 Å². The van der Waals surface area contributed by atoms with Gasteiger partial charge in [0.2, 0.25) is 0 Å². The first kappa shape index (κ1) is 12.0. The molecule has 2 unspecified atom stereocenters. The van der Waals surface area contributed by atoms with Gasteiger partial charge in [0, 0.05) is 23.2 Å². The van der Waals surface area contributed by atoms with Crippen LogP contribution < -0.4 is 0 Å². The van der Waals surface area contributed by atoms with Crippen molar-refractivity contribution in [3.05, 3.63) is 29.8 Å². The molecule has 0 saturated carbocycles. The molecule has 1 aliphatic heterocycles. The molecule has 1 aromatic rings. The van der Waals surface area contributed by atoms with Gasteiger partial charge >= 0.3 is 0 Å². The summed E-state index contributed by atoms with van der Waals surface area (Å²) >= 11 is 1.72. The molecular formula is C13H18O2S. The lowest BCUT2D eigenvalue weighted by Crippen LogP contribution is -2.22. The van der Waals surface area contributed by atoms with Crippen molar-refractivity contribution in [2.24, 2.45) is 5.92 Å². The van der Waals surface area contributed by atoms with E-state index in [1.54, 1.807) is 11.8 Å². The van der Waals surface area contributed by atoms with Crippen LogP contribution in [0.15, 0.2) is 29.2 Å². The fraction of sp³-hybridized carbons (Fsp3) is 0.538. The van der Waals surface area contributed by atoms with E-state index in [-0.39, 0.29) is 6.10 Å². The molecule has 88 valence electrons. The molecule has 3 heteroatoms. The fourth-order valence-electron chi connectivity index (χ4n) is 1.88. The minimum Gasteiger partial charge on any atom is -0.392 e. The third-order valence-corrected chi connectivity index (χ3v) is 4.01. The van der Waals surface area contributed by atoms with Crippen LogP contribution in [0.5, 0.6) is 0 Å². The third kappa shape index (κ3) is 3.24. The van der Waals surface area contributed by atoms with E-state index in [2.05, 4.69) is 31.2 Å². The van der Waals surface area contributed by atoms with Gasteiger partial charge in [-0.15, -0.1) is 11.8 Å². The van der Waals surface area contributed by atoms with Crippen molar-refractivity contribution in [3.8, 4) is 0 Å². The summed E-state index contributed by atoms with van der Waals surface area (Å²) in [6, 6.07) is 8.39. The first-order valence-corrected chi connectivity index (χ1v) is 6.69. The molecule has 2 atom stereocenters. The molecule has 1 saturated heterocycles. The molecule has 0 aliphatic carbocycles. The third-order valence-electron chi connectivity index (χ3n) is 2.92. The van der Waals surface area contributed by atoms with E-state index in [0.717, 1.165) is 25.4 Å². The van der Waals surface area contributed by atoms with Crippen molar-refractivity contribution in [3.63, 3.8) is 0 Å². The van der Waals surface area contributed by atoms with Gasteiger partial charge in [-0.2, -0.15) is 0 Å². The molecule has 1 N–H and O–H groups in total. The SMILES string of the molecule is Cc1cccc(SCC(O)C2CCOC2)c1. The first-order chi connectivity index (χ1) is 7.75. The van der Waals surface area contributed by atoms with Crippen LogP contribution in [-0.2, 0) is 4.74 Å². The summed E-state index contributed by atoms with van der Waals surface area (Å²) in [4.78, 5) is 1.23. The van der Waals surface area contributed by atoms with E-state index < -0.39 is 0 Å². The second-order valence-corrected chi connectivity index (χ2v) is 5.41. The van der Waals surface area contributed by atoms with Gasteiger partial charge in [-0.05, 0) is 25.5 Å². The Morgan fingerprint density at radius 2 is 2.44 bits per heavy atom. The molecule has 2 nitrogen and oxygen atoms in total. The highest BCUT2D eigenvalue weighted by molar-refractivity contribution is 7.99. The standard InChI is InChI=1S/C13H18O2S/c1-10-3-2-4-12(7-10)16-9-13(14)11-5-6-15-8-11/h2-4,7,11,13-14H,5-6,8-9H2,1H3. The molecule has 0 aromatic heterocycles. The topological polar surface area (TPSA) is 29.5 Å². The number of benzene rings is 1. The lowest BCUT2D eigenvalue weighted by Gasteiger charge is -2.15. The van der Waals surface area contributed by atoms with Crippen LogP contribution in [0.1, 0.15) is 12.0 Å². The van der Waals surface area contributed by atoms with E-state index in [1.807, 2.05) is 0 Å². The van der Waals surface area contributed by atoms with Crippen molar-refractivity contribution in [1.82, 2.24) is 0 Å². The zero-order valence-corrected chi connectivity index (χ0v) is 10.4. The molecule has 1 aliphatic rings. The van der Waals surface area contributed by atoms with E-state index in [9.17, 15) is 5.11 Å². The minimum atomic E-state index is -0.243. The van der Waals surface area contributed by atoms with Gasteiger partial charge in [0.25, 0.3) is 0 Å². The maximum Gasteiger partial charge on any atom is 0.0685 e. The summed E-state index contributed by atoms with van der Waals surface area (Å²) in [5.74, 6) is 1.09. The summed E-state index contributed by atoms with van der Waals surface area (Å²) in [6.45, 7) is 3.61. The average Bonchev–Trinajstić information content (AvgIpc) is 2.79. The number of thioether (sulfide) groups is 1. The predicted molar refractivity (Wildman–Crippen MR) is 66.8 cm³/mol. The minimum absolute atomic E-state index is 0.243. The summed E-state index contributed by atoms with van der Waals surface area (Å²) in [5, 5.41) is 9.98. The van der Waals surface area contributed by atoms with Crippen molar-refractivity contribution in [1.29, 1.82) is 0 Å². The Labute approximate surface area is 101 Å². The number of aliphatic hydroxyl groups excluding tert-OH is 1. The lowest BCUT2D eigenvalue weighted by molar-refractivity contribution is 0.109. The molecule has 1 fully saturated rings. The van der Waals surface area contributed by atoms with E-state index in [4.69, 9.17) is 4.74 Å². The average molecular weight is 238 g/mol. The van der Waals surface area contributed by atoms with Crippen LogP contribution in [0.25, 0.3) is 0 Å². The zero-order valence-electron chi connectivity index (χ0n) is 9.56. The van der Waals surface area contributed by atoms with Crippen LogP contribution >= 0.6 is 11.8 Å². The highest BCUT2D eigenvalue weighted by Gasteiger charge is 2.23. The fourth-order valence-corrected chi connectivity index (χ4v) is 2.96. The van der Waals surface area contributed by atoms with Crippen LogP contribution in [0.4, 0.5) is 0 Å². The highest BCUT2D eigenvalue weighted by Crippen LogP contribution is 2.24. The Morgan fingerprint density at radius 3 is 3.12 bits per heavy atom. The molecule has 0 amide bonds. The van der Waals surface area contributed by atoms with Crippen LogP contribution in [0.3, 0.4) is 0 Å². The van der Waals surface area contributed by atoms with Crippen LogP contribution in [0, 0.1) is 12.8 Å². The number of hydrogen-bond donors (Lipinski definition) is 1. The Hall–Kier alpha value is -0.510. The second-order valence-electron chi connectivity index (χ2n) is 4.32. The Kier molecular flexibility index (Phi) is 4.27. The normalized spacial score (nSPS) is 22.2. The molecule has 1 heterocycles. The maximum absolute atomic E-state index is 9.98. The van der Waals surface area contributed by atoms with E-state index >= 15 is 0 Å². The van der Waals surface area contributed by atoms with Gasteiger partial charge in [-0.1, -0.05) is 17.7 Å². The quantitative estimate of drug-likeness (QED) is 0.817. The molecule has 0 bridgehead atoms. The highest BCUT2D eigenvalue weighted by atomic mass is 32.2. The van der Waals surface area contributed by atoms with Gasteiger partial charge in [0.1, 0.15) is 0 Å². The predicted octanol–water partition coefficient (Wildman–Crippen LogP) is 2.48. The van der Waals surface area contributed by atoms with Crippen molar-refractivity contribution < 1.29 is 9.84 Å². The van der Waals surface area contributed by atoms with E-state index in [1.165, 1.54) is 10.5 Å². The summed E-state index contributed by atoms with van der Waals surface area (Å²) < 4.78 is 5.28. The van der Waals surface area contributed by atoms with Gasteiger partial charge < -0.3 is 9.84 Å². The molecular weight excluding hydrogens is 220 g/mol. The smallest absolute Gasteiger partial charge is 0.0685 e. The largest absolute Gasteiger partial charge is 0.392 e. The van der Waals surface area contributed by atoms with Gasteiger partial charge in [0.05, 0.1) is 12.7 Å². The summed E-state index contributed by atoms with van der Waals surface area (Å²) in [6.07, 6.45) is 0.753. The maximum atomic E-state index is 9.98. The number of aryl methyl sites for hydroxylation is 1. The van der Waals surface area contributed by atoms with Gasteiger partial charge in [-0.25, -0.2) is 0 Å². The second kappa shape index (κ2) is 5.71. The number of rotatable bonds is 4. The first-order valence-electron chi connectivity index (χ1n) is 5.71. The van der Waals surface area contributed by atoms with Crippen molar-refractivity contribution >= 4 is 11.8 Å². The van der Waals surface area contributed by atoms with Crippen LogP contribution in [-0.4, -0.2) is 30.2 Å². The Bertz CT molecular complexity index is 334. The summed E-state index contributed by atoms with van der Waals surface area (Å²) in [7, 11) is 0. The number of aliphatic hydroxyl groups is 1. The molecule has 2 rings (SSSR count). The Balaban J connectivity index is 1.82. The molecule has 0 spiro atoms. The Morgan fingerprint density at radius 1 is 1.56 bits per heavy atom. The lowest BCUT2D eigenvalue weighted by atomic mass is 10.0. The van der Waals surface area contributed by atoms with Gasteiger partial charge in [-0.3, -0.25) is 0 Å². The molecule has 0 radical (unpaired) electrons. The van der Waals surface area contributed by atoms with E-state index in [0.29, 0.717) is 5.92 Å². The van der Waals surface area contributed by atoms with Gasteiger partial charge in [0.15, 0.2) is 0 Å².